The van der Waals surface area contributed by atoms with Crippen LogP contribution in [0.4, 0.5) is 11.4 Å². The summed E-state index contributed by atoms with van der Waals surface area (Å²) in [6, 6.07) is 5.80. The molecule has 4 amide bonds. The maximum atomic E-state index is 14.3. The molecule has 0 bridgehead atoms. The Kier molecular flexibility index (Phi) is 6.54. The first-order chi connectivity index (χ1) is 27.4. The molecule has 2 N–H and O–H groups in total. The average molecular weight is 680 g/mol. The Morgan fingerprint density at radius 3 is 2.26 bits per heavy atom. The SMILES string of the molecule is [2H]C([2H])([2H])N1C(=O)c2cc(Oc3cc(C)cc(C)c3)c(NC(=O)c3cc(OC)c(OC)c(OC)c3Cl)cc2NC(=O)[C@@H]1CC(=O)N(C([2H])([2H])C([2H])([2H])[2H])C([2H])([2H])C([2H])([2H])[2H]. The number of halogens is 1. The fourth-order valence-corrected chi connectivity index (χ4v) is 5.14. The average Bonchev–Trinajstić information content (AvgIpc) is 3.19. The van der Waals surface area contributed by atoms with Gasteiger partial charge in [0.15, 0.2) is 17.2 Å². The van der Waals surface area contributed by atoms with Crippen LogP contribution in [0.3, 0.4) is 0 Å². The van der Waals surface area contributed by atoms with Gasteiger partial charge in [0, 0.05) is 37.8 Å². The number of benzene rings is 3. The lowest BCUT2D eigenvalue weighted by atomic mass is 10.1. The van der Waals surface area contributed by atoms with Gasteiger partial charge < -0.3 is 39.4 Å². The fraction of sp³-hybridized carbons (Fsp3) is 0.353. The van der Waals surface area contributed by atoms with Crippen molar-refractivity contribution in [3.63, 3.8) is 0 Å². The molecule has 0 saturated carbocycles. The first-order valence-electron chi connectivity index (χ1n) is 20.1. The van der Waals surface area contributed by atoms with Crippen molar-refractivity contribution in [1.29, 1.82) is 0 Å². The van der Waals surface area contributed by atoms with Crippen LogP contribution in [0.1, 0.15) is 69.8 Å². The zero-order valence-corrected chi connectivity index (χ0v) is 26.5. The summed E-state index contributed by atoms with van der Waals surface area (Å²) in [5.41, 5.74) is -0.0266. The summed E-state index contributed by atoms with van der Waals surface area (Å²) < 4.78 is 125. The van der Waals surface area contributed by atoms with E-state index in [2.05, 4.69) is 10.6 Å². The van der Waals surface area contributed by atoms with Crippen LogP contribution in [0, 0.1) is 13.8 Å². The number of nitrogens with one attached hydrogen (secondary N) is 2. The minimum Gasteiger partial charge on any atom is -0.493 e. The molecular weight excluding hydrogens is 628 g/mol. The van der Waals surface area contributed by atoms with Crippen LogP contribution in [-0.4, -0.2) is 80.8 Å². The van der Waals surface area contributed by atoms with Crippen LogP contribution in [0.15, 0.2) is 36.4 Å². The molecule has 0 saturated heterocycles. The zero-order chi connectivity index (χ0) is 45.7. The Morgan fingerprint density at radius 2 is 1.66 bits per heavy atom. The Balaban J connectivity index is 1.92. The maximum absolute atomic E-state index is 14.3. The molecular formula is C34H39ClN4O8. The molecule has 250 valence electrons. The zero-order valence-electron chi connectivity index (χ0n) is 38.8. The summed E-state index contributed by atoms with van der Waals surface area (Å²) in [5, 5.41) is 4.65. The van der Waals surface area contributed by atoms with Gasteiger partial charge in [-0.1, -0.05) is 17.7 Å². The largest absolute Gasteiger partial charge is 0.493 e. The first kappa shape index (κ1) is 21.0. The van der Waals surface area contributed by atoms with Gasteiger partial charge in [-0.15, -0.1) is 0 Å². The van der Waals surface area contributed by atoms with Crippen molar-refractivity contribution in [3.8, 4) is 28.7 Å². The second-order valence-electron chi connectivity index (χ2n) is 10.1. The number of anilines is 2. The van der Waals surface area contributed by atoms with Crippen LogP contribution in [-0.2, 0) is 9.59 Å². The molecule has 1 atom stereocenters. The summed E-state index contributed by atoms with van der Waals surface area (Å²) in [4.78, 5) is 55.3. The highest BCUT2D eigenvalue weighted by atomic mass is 35.5. The van der Waals surface area contributed by atoms with Gasteiger partial charge in [0.2, 0.25) is 17.6 Å². The lowest BCUT2D eigenvalue weighted by Gasteiger charge is -2.27. The van der Waals surface area contributed by atoms with E-state index in [0.29, 0.717) is 0 Å². The van der Waals surface area contributed by atoms with Gasteiger partial charge >= 0.3 is 0 Å². The summed E-state index contributed by atoms with van der Waals surface area (Å²) >= 11 is 6.55. The third kappa shape index (κ3) is 7.22. The molecule has 4 rings (SSSR count). The first-order valence-corrected chi connectivity index (χ1v) is 14.0. The van der Waals surface area contributed by atoms with Crippen LogP contribution in [0.5, 0.6) is 28.7 Å². The van der Waals surface area contributed by atoms with E-state index in [1.807, 2.05) is 6.07 Å². The molecule has 1 aliphatic rings. The Morgan fingerprint density at radius 1 is 0.979 bits per heavy atom. The fourth-order valence-electron chi connectivity index (χ4n) is 4.83. The lowest BCUT2D eigenvalue weighted by molar-refractivity contribution is -0.134. The summed E-state index contributed by atoms with van der Waals surface area (Å²) in [6.45, 7) is -15.9. The van der Waals surface area contributed by atoms with Gasteiger partial charge in [-0.25, -0.2) is 0 Å². The van der Waals surface area contributed by atoms with Gasteiger partial charge in [0.25, 0.3) is 11.8 Å². The summed E-state index contributed by atoms with van der Waals surface area (Å²) in [6.07, 6.45) is -1.62. The number of carbonyl (C=O) groups excluding carboxylic acids is 4. The molecule has 1 heterocycles. The molecule has 0 spiro atoms. The van der Waals surface area contributed by atoms with Crippen molar-refractivity contribution in [2.45, 2.75) is 40.0 Å². The third-order valence-electron chi connectivity index (χ3n) is 6.97. The highest BCUT2D eigenvalue weighted by molar-refractivity contribution is 6.36. The Hall–Kier alpha value is -4.97. The van der Waals surface area contributed by atoms with E-state index in [1.165, 1.54) is 27.4 Å². The molecule has 0 aromatic heterocycles. The highest BCUT2D eigenvalue weighted by Gasteiger charge is 2.36. The molecule has 47 heavy (non-hydrogen) atoms. The van der Waals surface area contributed by atoms with E-state index in [1.54, 1.807) is 26.0 Å². The topological polar surface area (TPSA) is 136 Å². The van der Waals surface area contributed by atoms with Crippen molar-refractivity contribution in [2.24, 2.45) is 0 Å². The molecule has 0 unspecified atom stereocenters. The molecule has 0 radical (unpaired) electrons. The third-order valence-corrected chi connectivity index (χ3v) is 7.34. The van der Waals surface area contributed by atoms with Gasteiger partial charge in [-0.05, 0) is 69.0 Å². The second-order valence-corrected chi connectivity index (χ2v) is 10.5. The number of nitrogens with zero attached hydrogens (tertiary/aromatic N) is 2. The van der Waals surface area contributed by atoms with Crippen molar-refractivity contribution < 1.29 is 55.9 Å². The number of fused-ring (bicyclic) bond motifs is 1. The molecule has 12 nitrogen and oxygen atoms in total. The van der Waals surface area contributed by atoms with E-state index in [0.717, 1.165) is 23.3 Å². The molecule has 1 aliphatic heterocycles. The molecule has 3 aromatic carbocycles. The summed E-state index contributed by atoms with van der Waals surface area (Å²) in [7, 11) is 3.87. The normalized spacial score (nSPS) is 19.6. The van der Waals surface area contributed by atoms with Gasteiger partial charge in [-0.3, -0.25) is 19.2 Å². The van der Waals surface area contributed by atoms with E-state index < -0.39 is 85.9 Å². The van der Waals surface area contributed by atoms with Gasteiger partial charge in [-0.2, -0.15) is 0 Å². The van der Waals surface area contributed by atoms with Crippen molar-refractivity contribution >= 4 is 46.6 Å². The van der Waals surface area contributed by atoms with Crippen molar-refractivity contribution in [1.82, 2.24) is 9.80 Å². The van der Waals surface area contributed by atoms with E-state index >= 15 is 0 Å². The number of methoxy groups -OCH3 is 3. The molecule has 0 aliphatic carbocycles. The molecule has 0 fully saturated rings. The van der Waals surface area contributed by atoms with Crippen LogP contribution in [0.2, 0.25) is 5.02 Å². The monoisotopic (exact) mass is 679 g/mol. The lowest BCUT2D eigenvalue weighted by Crippen LogP contribution is -2.46. The van der Waals surface area contributed by atoms with Crippen LogP contribution < -0.4 is 29.6 Å². The number of carbonyl (C=O) groups is 4. The quantitative estimate of drug-likeness (QED) is 0.264. The number of aryl methyl sites for hydroxylation is 2. The smallest absolute Gasteiger partial charge is 0.257 e. The van der Waals surface area contributed by atoms with E-state index in [4.69, 9.17) is 48.4 Å². The standard InChI is InChI=1S/C34H39ClN4O8/c1-9-39(10-2)28(40)17-25-33(42)36-23-16-24(37-32(41)22-15-27(44-6)30(45-7)31(46-8)29(22)35)26(14-21(23)34(43)38(25)5)47-20-12-18(3)11-19(4)13-20/h11-16,25H,9-10,17H2,1-8H3,(H,36,42)(H,37,41)/t25-/m0/s1/i1D3,2D3,5D3,9D2,10D2. The highest BCUT2D eigenvalue weighted by Crippen LogP contribution is 2.45. The second kappa shape index (κ2) is 14.6. The number of hydrogen-bond acceptors (Lipinski definition) is 8. The predicted octanol–water partition coefficient (Wildman–Crippen LogP) is 5.68. The predicted molar refractivity (Wildman–Crippen MR) is 179 cm³/mol. The van der Waals surface area contributed by atoms with Gasteiger partial charge in [0.05, 0.1) is 55.3 Å². The minimum absolute atomic E-state index is 0.0400. The Labute approximate surface area is 297 Å². The number of ether oxygens (including phenoxy) is 4. The van der Waals surface area contributed by atoms with Crippen LogP contribution >= 0.6 is 11.6 Å². The van der Waals surface area contributed by atoms with E-state index in [9.17, 15) is 19.2 Å². The van der Waals surface area contributed by atoms with Crippen molar-refractivity contribution in [2.75, 3.05) is 51.9 Å². The van der Waals surface area contributed by atoms with E-state index in [-0.39, 0.29) is 49.9 Å². The Bertz CT molecular complexity index is 2170. The minimum atomic E-state index is -4.05. The van der Waals surface area contributed by atoms with Crippen LogP contribution in [0.25, 0.3) is 0 Å². The van der Waals surface area contributed by atoms with Gasteiger partial charge in [0.1, 0.15) is 11.8 Å². The van der Waals surface area contributed by atoms with Crippen molar-refractivity contribution in [3.05, 3.63) is 63.7 Å². The number of rotatable bonds is 11. The maximum Gasteiger partial charge on any atom is 0.257 e. The number of amides is 4. The molecule has 3 aromatic rings. The number of likely N-dealkylation sites (N-methyl/N-ethyl adjacent to an activating group) is 1. The molecule has 13 heteroatoms. The summed E-state index contributed by atoms with van der Waals surface area (Å²) in [5.74, 6) is -5.90. The number of hydrogen-bond donors (Lipinski definition) is 2.